The molecule has 1 aliphatic rings. The second-order valence-electron chi connectivity index (χ2n) is 5.60. The van der Waals surface area contributed by atoms with Crippen molar-refractivity contribution in [2.45, 2.75) is 26.2 Å². The van der Waals surface area contributed by atoms with Crippen molar-refractivity contribution >= 4 is 22.4 Å². The van der Waals surface area contributed by atoms with Gasteiger partial charge in [0, 0.05) is 16.9 Å². The van der Waals surface area contributed by atoms with Crippen LogP contribution in [0.1, 0.15) is 25.3 Å². The van der Waals surface area contributed by atoms with E-state index in [-0.39, 0.29) is 11.8 Å². The Kier molecular flexibility index (Phi) is 4.85. The number of amides is 1. The first-order valence-corrected chi connectivity index (χ1v) is 8.70. The van der Waals surface area contributed by atoms with Crippen LogP contribution in [0.15, 0.2) is 29.6 Å². The van der Waals surface area contributed by atoms with Crippen LogP contribution in [0.2, 0.25) is 0 Å². The number of piperidine rings is 1. The van der Waals surface area contributed by atoms with E-state index >= 15 is 0 Å². The highest BCUT2D eigenvalue weighted by Crippen LogP contribution is 2.26. The van der Waals surface area contributed by atoms with Crippen LogP contribution in [0, 0.1) is 5.92 Å². The fraction of sp³-hybridized carbons (Fsp3) is 0.412. The van der Waals surface area contributed by atoms with E-state index in [9.17, 15) is 4.79 Å². The zero-order valence-electron chi connectivity index (χ0n) is 12.8. The Balaban J connectivity index is 1.66. The molecule has 22 heavy (non-hydrogen) atoms. The molecule has 1 saturated heterocycles. The van der Waals surface area contributed by atoms with E-state index in [4.69, 9.17) is 0 Å². The van der Waals surface area contributed by atoms with Crippen molar-refractivity contribution in [2.24, 2.45) is 5.92 Å². The maximum absolute atomic E-state index is 12.2. The zero-order chi connectivity index (χ0) is 15.4. The molecule has 0 spiro atoms. The molecule has 1 aromatic heterocycles. The van der Waals surface area contributed by atoms with Gasteiger partial charge in [-0.05, 0) is 37.9 Å². The first-order chi connectivity index (χ1) is 10.8. The largest absolute Gasteiger partial charge is 0.317 e. The molecule has 1 aromatic carbocycles. The molecule has 0 atom stereocenters. The third-order valence-electron chi connectivity index (χ3n) is 4.10. The van der Waals surface area contributed by atoms with Gasteiger partial charge in [0.15, 0.2) is 5.13 Å². The average molecular weight is 315 g/mol. The van der Waals surface area contributed by atoms with E-state index in [1.807, 2.05) is 5.38 Å². The highest BCUT2D eigenvalue weighted by molar-refractivity contribution is 7.14. The van der Waals surface area contributed by atoms with Crippen LogP contribution < -0.4 is 10.6 Å². The van der Waals surface area contributed by atoms with Crippen molar-refractivity contribution in [3.8, 4) is 11.3 Å². The van der Waals surface area contributed by atoms with Crippen molar-refractivity contribution in [1.82, 2.24) is 10.3 Å². The van der Waals surface area contributed by atoms with Gasteiger partial charge >= 0.3 is 0 Å². The average Bonchev–Trinajstić information content (AvgIpc) is 3.04. The van der Waals surface area contributed by atoms with Crippen LogP contribution in [0.3, 0.4) is 0 Å². The Morgan fingerprint density at radius 3 is 2.73 bits per heavy atom. The molecular weight excluding hydrogens is 294 g/mol. The van der Waals surface area contributed by atoms with Crippen molar-refractivity contribution < 1.29 is 4.79 Å². The molecule has 1 fully saturated rings. The molecule has 0 aliphatic carbocycles. The molecule has 0 saturated carbocycles. The van der Waals surface area contributed by atoms with E-state index in [1.165, 1.54) is 16.9 Å². The monoisotopic (exact) mass is 315 g/mol. The van der Waals surface area contributed by atoms with Crippen LogP contribution >= 0.6 is 11.3 Å². The first-order valence-electron chi connectivity index (χ1n) is 7.82. The molecule has 0 unspecified atom stereocenters. The minimum Gasteiger partial charge on any atom is -0.317 e. The van der Waals surface area contributed by atoms with Crippen LogP contribution in [0.4, 0.5) is 5.13 Å². The van der Waals surface area contributed by atoms with Gasteiger partial charge in [-0.15, -0.1) is 11.3 Å². The summed E-state index contributed by atoms with van der Waals surface area (Å²) in [5, 5.41) is 8.93. The summed E-state index contributed by atoms with van der Waals surface area (Å²) >= 11 is 1.49. The lowest BCUT2D eigenvalue weighted by atomic mass is 9.97. The zero-order valence-corrected chi connectivity index (χ0v) is 13.6. The lowest BCUT2D eigenvalue weighted by molar-refractivity contribution is -0.120. The number of nitrogens with zero attached hydrogens (tertiary/aromatic N) is 1. The fourth-order valence-electron chi connectivity index (χ4n) is 2.67. The summed E-state index contributed by atoms with van der Waals surface area (Å²) in [5.41, 5.74) is 3.34. The van der Waals surface area contributed by atoms with E-state index < -0.39 is 0 Å². The molecule has 5 heteroatoms. The molecule has 4 nitrogen and oxygen atoms in total. The summed E-state index contributed by atoms with van der Waals surface area (Å²) in [7, 11) is 0. The number of aryl methyl sites for hydroxylation is 1. The number of rotatable bonds is 4. The van der Waals surface area contributed by atoms with Gasteiger partial charge in [0.25, 0.3) is 0 Å². The predicted molar refractivity (Wildman–Crippen MR) is 91.2 cm³/mol. The van der Waals surface area contributed by atoms with Gasteiger partial charge in [-0.3, -0.25) is 4.79 Å². The number of hydrogen-bond donors (Lipinski definition) is 2. The SMILES string of the molecule is CCc1ccc(-c2csc(NC(=O)C3CCNCC3)n2)cc1. The Morgan fingerprint density at radius 1 is 1.32 bits per heavy atom. The first kappa shape index (κ1) is 15.2. The van der Waals surface area contributed by atoms with E-state index in [1.54, 1.807) is 0 Å². The van der Waals surface area contributed by atoms with E-state index in [2.05, 4.69) is 46.8 Å². The number of anilines is 1. The molecule has 0 bridgehead atoms. The highest BCUT2D eigenvalue weighted by atomic mass is 32.1. The van der Waals surface area contributed by atoms with Crippen molar-refractivity contribution in [2.75, 3.05) is 18.4 Å². The van der Waals surface area contributed by atoms with E-state index in [0.29, 0.717) is 5.13 Å². The number of benzene rings is 1. The van der Waals surface area contributed by atoms with Crippen LogP contribution in [-0.4, -0.2) is 24.0 Å². The number of hydrogen-bond acceptors (Lipinski definition) is 4. The summed E-state index contributed by atoms with van der Waals surface area (Å²) in [6.45, 7) is 3.99. The maximum atomic E-state index is 12.2. The van der Waals surface area contributed by atoms with Crippen molar-refractivity contribution in [1.29, 1.82) is 0 Å². The Labute approximate surface area is 135 Å². The molecule has 116 valence electrons. The molecule has 3 rings (SSSR count). The molecule has 1 aliphatic heterocycles. The summed E-state index contributed by atoms with van der Waals surface area (Å²) in [4.78, 5) is 16.8. The second-order valence-corrected chi connectivity index (χ2v) is 6.46. The van der Waals surface area contributed by atoms with Crippen molar-refractivity contribution in [3.05, 3.63) is 35.2 Å². The van der Waals surface area contributed by atoms with Gasteiger partial charge in [-0.25, -0.2) is 4.98 Å². The number of carbonyl (C=O) groups is 1. The summed E-state index contributed by atoms with van der Waals surface area (Å²) < 4.78 is 0. The van der Waals surface area contributed by atoms with Gasteiger partial charge in [0.2, 0.25) is 5.91 Å². The van der Waals surface area contributed by atoms with E-state index in [0.717, 1.165) is 43.6 Å². The molecular formula is C17H21N3OS. The summed E-state index contributed by atoms with van der Waals surface area (Å²) in [6.07, 6.45) is 2.85. The molecule has 1 amide bonds. The Morgan fingerprint density at radius 2 is 2.05 bits per heavy atom. The van der Waals surface area contributed by atoms with Gasteiger partial charge in [-0.1, -0.05) is 31.2 Å². The number of aromatic nitrogens is 1. The topological polar surface area (TPSA) is 54.0 Å². The van der Waals surface area contributed by atoms with Gasteiger partial charge < -0.3 is 10.6 Å². The minimum absolute atomic E-state index is 0.101. The fourth-order valence-corrected chi connectivity index (χ4v) is 3.39. The quantitative estimate of drug-likeness (QED) is 0.910. The predicted octanol–water partition coefficient (Wildman–Crippen LogP) is 3.31. The van der Waals surface area contributed by atoms with Gasteiger partial charge in [0.05, 0.1) is 5.69 Å². The maximum Gasteiger partial charge on any atom is 0.229 e. The standard InChI is InChI=1S/C17H21N3OS/c1-2-12-3-5-13(6-4-12)15-11-22-17(19-15)20-16(21)14-7-9-18-10-8-14/h3-6,11,14,18H,2,7-10H2,1H3,(H,19,20,21). The Hall–Kier alpha value is -1.72. The minimum atomic E-state index is 0.101. The van der Waals surface area contributed by atoms with Gasteiger partial charge in [0.1, 0.15) is 0 Å². The lowest BCUT2D eigenvalue weighted by Crippen LogP contribution is -2.34. The smallest absolute Gasteiger partial charge is 0.229 e. The highest BCUT2D eigenvalue weighted by Gasteiger charge is 2.21. The second kappa shape index (κ2) is 7.03. The van der Waals surface area contributed by atoms with Crippen LogP contribution in [0.25, 0.3) is 11.3 Å². The van der Waals surface area contributed by atoms with Gasteiger partial charge in [-0.2, -0.15) is 0 Å². The molecule has 0 radical (unpaired) electrons. The van der Waals surface area contributed by atoms with Crippen LogP contribution in [-0.2, 0) is 11.2 Å². The summed E-state index contributed by atoms with van der Waals surface area (Å²) in [5.74, 6) is 0.209. The van der Waals surface area contributed by atoms with Crippen molar-refractivity contribution in [3.63, 3.8) is 0 Å². The molecule has 2 N–H and O–H groups in total. The molecule has 2 aromatic rings. The third kappa shape index (κ3) is 3.54. The summed E-state index contributed by atoms with van der Waals surface area (Å²) in [6, 6.07) is 8.43. The Bertz CT molecular complexity index is 630. The number of thiazole rings is 1. The lowest BCUT2D eigenvalue weighted by Gasteiger charge is -2.20. The van der Waals surface area contributed by atoms with Crippen LogP contribution in [0.5, 0.6) is 0 Å². The number of nitrogens with one attached hydrogen (secondary N) is 2. The number of carbonyl (C=O) groups excluding carboxylic acids is 1. The molecule has 2 heterocycles. The third-order valence-corrected chi connectivity index (χ3v) is 4.86. The normalized spacial score (nSPS) is 15.7.